The van der Waals surface area contributed by atoms with Crippen molar-refractivity contribution in [2.75, 3.05) is 13.2 Å². The lowest BCUT2D eigenvalue weighted by atomic mass is 10.2. The molecule has 2 rings (SSSR count). The van der Waals surface area contributed by atoms with E-state index < -0.39 is 0 Å². The fourth-order valence-corrected chi connectivity index (χ4v) is 2.97. The Morgan fingerprint density at radius 3 is 3.11 bits per heavy atom. The SMILES string of the molecule is O=C1CCCCCN1Cc1cc(C#CCCO)cs1. The van der Waals surface area contributed by atoms with Gasteiger partial charge in [0.25, 0.3) is 0 Å². The number of carbonyl (C=O) groups is 1. The number of aliphatic hydroxyl groups is 1. The summed E-state index contributed by atoms with van der Waals surface area (Å²) in [5, 5.41) is 10.7. The van der Waals surface area contributed by atoms with Crippen LogP contribution >= 0.6 is 11.3 Å². The third kappa shape index (κ3) is 4.38. The van der Waals surface area contributed by atoms with Crippen LogP contribution < -0.4 is 0 Å². The number of rotatable bonds is 3. The van der Waals surface area contributed by atoms with Gasteiger partial charge in [0.15, 0.2) is 0 Å². The summed E-state index contributed by atoms with van der Waals surface area (Å²) in [5.74, 6) is 6.21. The molecule has 3 nitrogen and oxygen atoms in total. The van der Waals surface area contributed by atoms with E-state index in [-0.39, 0.29) is 12.5 Å². The highest BCUT2D eigenvalue weighted by Crippen LogP contribution is 2.19. The molecule has 0 spiro atoms. The van der Waals surface area contributed by atoms with Crippen molar-refractivity contribution < 1.29 is 9.90 Å². The summed E-state index contributed by atoms with van der Waals surface area (Å²) < 4.78 is 0. The number of thiophene rings is 1. The molecule has 1 aromatic rings. The van der Waals surface area contributed by atoms with E-state index in [1.807, 2.05) is 16.3 Å². The Labute approximate surface area is 118 Å². The molecule has 0 aliphatic carbocycles. The van der Waals surface area contributed by atoms with E-state index in [4.69, 9.17) is 5.11 Å². The number of hydrogen-bond acceptors (Lipinski definition) is 3. The average Bonchev–Trinajstić information content (AvgIpc) is 2.75. The van der Waals surface area contributed by atoms with Crippen molar-refractivity contribution in [2.24, 2.45) is 0 Å². The van der Waals surface area contributed by atoms with Crippen LogP contribution in [-0.2, 0) is 11.3 Å². The molecule has 0 saturated carbocycles. The van der Waals surface area contributed by atoms with Crippen LogP contribution in [0.15, 0.2) is 11.4 Å². The van der Waals surface area contributed by atoms with Crippen LogP contribution in [0.2, 0.25) is 0 Å². The molecule has 1 aliphatic rings. The van der Waals surface area contributed by atoms with Crippen molar-refractivity contribution >= 4 is 17.2 Å². The first-order valence-electron chi connectivity index (χ1n) is 6.74. The fraction of sp³-hybridized carbons (Fsp3) is 0.533. The van der Waals surface area contributed by atoms with E-state index in [1.165, 1.54) is 4.88 Å². The number of likely N-dealkylation sites (tertiary alicyclic amines) is 1. The van der Waals surface area contributed by atoms with Crippen LogP contribution in [0, 0.1) is 11.8 Å². The lowest BCUT2D eigenvalue weighted by Gasteiger charge is -2.19. The maximum Gasteiger partial charge on any atom is 0.222 e. The second kappa shape index (κ2) is 7.32. The summed E-state index contributed by atoms with van der Waals surface area (Å²) in [5.41, 5.74) is 0.982. The zero-order chi connectivity index (χ0) is 13.5. The Bertz CT molecular complexity index is 484. The summed E-state index contributed by atoms with van der Waals surface area (Å²) in [6.45, 7) is 1.69. The summed E-state index contributed by atoms with van der Waals surface area (Å²) >= 11 is 1.65. The molecule has 1 saturated heterocycles. The standard InChI is InChI=1S/C15H19NO2S/c17-9-5-3-6-13-10-14(19-12-13)11-16-8-4-1-2-7-15(16)18/h10,12,17H,1-2,4-5,7-9,11H2. The van der Waals surface area contributed by atoms with Crippen molar-refractivity contribution in [2.45, 2.75) is 38.6 Å². The summed E-state index contributed by atoms with van der Waals surface area (Å²) in [4.78, 5) is 15.1. The normalized spacial score (nSPS) is 15.8. The Balaban J connectivity index is 1.95. The Morgan fingerprint density at radius 1 is 1.37 bits per heavy atom. The Kier molecular flexibility index (Phi) is 5.44. The van der Waals surface area contributed by atoms with E-state index in [9.17, 15) is 4.79 Å². The molecule has 2 heterocycles. The van der Waals surface area contributed by atoms with Crippen LogP contribution in [0.25, 0.3) is 0 Å². The minimum atomic E-state index is 0.103. The molecule has 1 aliphatic heterocycles. The molecule has 1 fully saturated rings. The molecule has 0 unspecified atom stereocenters. The quantitative estimate of drug-likeness (QED) is 0.862. The molecule has 0 aromatic carbocycles. The van der Waals surface area contributed by atoms with E-state index in [1.54, 1.807) is 11.3 Å². The molecule has 0 bridgehead atoms. The van der Waals surface area contributed by atoms with Gasteiger partial charge >= 0.3 is 0 Å². The second-order valence-electron chi connectivity index (χ2n) is 4.70. The lowest BCUT2D eigenvalue weighted by molar-refractivity contribution is -0.131. The van der Waals surface area contributed by atoms with Crippen LogP contribution in [0.4, 0.5) is 0 Å². The van der Waals surface area contributed by atoms with Gasteiger partial charge in [0.05, 0.1) is 13.2 Å². The number of aliphatic hydroxyl groups excluding tert-OH is 1. The summed E-state index contributed by atoms with van der Waals surface area (Å²) in [7, 11) is 0. The summed E-state index contributed by atoms with van der Waals surface area (Å²) in [6, 6.07) is 2.05. The molecule has 4 heteroatoms. The highest BCUT2D eigenvalue weighted by Gasteiger charge is 2.17. The van der Waals surface area contributed by atoms with Gasteiger partial charge in [-0.1, -0.05) is 18.3 Å². The van der Waals surface area contributed by atoms with Crippen molar-refractivity contribution in [1.82, 2.24) is 4.90 Å². The number of carbonyl (C=O) groups excluding carboxylic acids is 1. The second-order valence-corrected chi connectivity index (χ2v) is 5.70. The third-order valence-corrected chi connectivity index (χ3v) is 4.06. The molecule has 0 atom stereocenters. The van der Waals surface area contributed by atoms with Crippen molar-refractivity contribution in [1.29, 1.82) is 0 Å². The number of hydrogen-bond donors (Lipinski definition) is 1. The first-order valence-corrected chi connectivity index (χ1v) is 7.62. The third-order valence-electron chi connectivity index (χ3n) is 3.14. The van der Waals surface area contributed by atoms with Gasteiger partial charge in [-0.25, -0.2) is 0 Å². The number of nitrogens with zero attached hydrogens (tertiary/aromatic N) is 1. The summed E-state index contributed by atoms with van der Waals surface area (Å²) in [6.07, 6.45) is 4.49. The molecule has 1 N–H and O–H groups in total. The van der Waals surface area contributed by atoms with E-state index in [2.05, 4.69) is 11.8 Å². The molecular formula is C15H19NO2S. The highest BCUT2D eigenvalue weighted by molar-refractivity contribution is 7.10. The predicted molar refractivity (Wildman–Crippen MR) is 76.8 cm³/mol. The first kappa shape index (κ1) is 14.1. The minimum absolute atomic E-state index is 0.103. The smallest absolute Gasteiger partial charge is 0.222 e. The predicted octanol–water partition coefficient (Wildman–Crippen LogP) is 2.38. The van der Waals surface area contributed by atoms with Gasteiger partial charge in [-0.3, -0.25) is 4.79 Å². The van der Waals surface area contributed by atoms with Gasteiger partial charge < -0.3 is 10.0 Å². The van der Waals surface area contributed by atoms with Crippen molar-refractivity contribution in [3.63, 3.8) is 0 Å². The zero-order valence-corrected chi connectivity index (χ0v) is 11.8. The molecule has 1 amide bonds. The molecule has 102 valence electrons. The molecule has 1 aromatic heterocycles. The van der Waals surface area contributed by atoms with Gasteiger partial charge in [0.1, 0.15) is 0 Å². The highest BCUT2D eigenvalue weighted by atomic mass is 32.1. The van der Waals surface area contributed by atoms with Gasteiger partial charge in [-0.15, -0.1) is 11.3 Å². The van der Waals surface area contributed by atoms with Crippen LogP contribution in [0.3, 0.4) is 0 Å². The van der Waals surface area contributed by atoms with E-state index >= 15 is 0 Å². The minimum Gasteiger partial charge on any atom is -0.395 e. The lowest BCUT2D eigenvalue weighted by Crippen LogP contribution is -2.29. The fourth-order valence-electron chi connectivity index (χ4n) is 2.14. The Hall–Kier alpha value is -1.31. The zero-order valence-electron chi connectivity index (χ0n) is 11.0. The van der Waals surface area contributed by atoms with Gasteiger partial charge in [0, 0.05) is 35.2 Å². The van der Waals surface area contributed by atoms with Crippen LogP contribution in [-0.4, -0.2) is 29.1 Å². The van der Waals surface area contributed by atoms with Crippen LogP contribution in [0.5, 0.6) is 0 Å². The number of amides is 1. The molecule has 0 radical (unpaired) electrons. The maximum atomic E-state index is 11.9. The first-order chi connectivity index (χ1) is 9.29. The van der Waals surface area contributed by atoms with E-state index in [0.29, 0.717) is 19.4 Å². The van der Waals surface area contributed by atoms with E-state index in [0.717, 1.165) is 31.4 Å². The molecule has 19 heavy (non-hydrogen) atoms. The van der Waals surface area contributed by atoms with Gasteiger partial charge in [-0.05, 0) is 18.9 Å². The van der Waals surface area contributed by atoms with Gasteiger partial charge in [-0.2, -0.15) is 0 Å². The van der Waals surface area contributed by atoms with Crippen molar-refractivity contribution in [3.05, 3.63) is 21.9 Å². The van der Waals surface area contributed by atoms with Crippen molar-refractivity contribution in [3.8, 4) is 11.8 Å². The maximum absolute atomic E-state index is 11.9. The monoisotopic (exact) mass is 277 g/mol. The van der Waals surface area contributed by atoms with Crippen LogP contribution in [0.1, 0.15) is 42.5 Å². The topological polar surface area (TPSA) is 40.5 Å². The largest absolute Gasteiger partial charge is 0.395 e. The van der Waals surface area contributed by atoms with Gasteiger partial charge in [0.2, 0.25) is 5.91 Å². The molecular weight excluding hydrogens is 258 g/mol. The Morgan fingerprint density at radius 2 is 2.26 bits per heavy atom. The average molecular weight is 277 g/mol.